The highest BCUT2D eigenvalue weighted by atomic mass is 16.6. The van der Waals surface area contributed by atoms with Gasteiger partial charge in [0.2, 0.25) is 0 Å². The number of carboxylic acids is 1. The number of esters is 2. The molecule has 0 aliphatic carbocycles. The SMILES string of the molecule is CCCCC/C=C\C/C=C\C/C=C\CCCCCCCCC(=O)OC(COCCC(C(=O)O)[N+](C)(C)C)COC(=O)CCCCCCC/C=C\CCCCC. The number of carboxylic acid groups (broad SMARTS) is 1. The summed E-state index contributed by atoms with van der Waals surface area (Å²) in [6.45, 7) is 4.66. The van der Waals surface area contributed by atoms with E-state index >= 15 is 0 Å². The second kappa shape index (κ2) is 38.2. The molecule has 0 heterocycles. The summed E-state index contributed by atoms with van der Waals surface area (Å²) in [6, 6.07) is -0.618. The highest BCUT2D eigenvalue weighted by molar-refractivity contribution is 5.72. The number of quaternary nitrogens is 1. The van der Waals surface area contributed by atoms with Crippen LogP contribution in [0.1, 0.15) is 181 Å². The number of aliphatic carboxylic acids is 1. The molecule has 1 N–H and O–H groups in total. The second-order valence-electron chi connectivity index (χ2n) is 15.9. The Bertz CT molecular complexity index is 1040. The van der Waals surface area contributed by atoms with Crippen molar-refractivity contribution in [3.05, 3.63) is 48.6 Å². The topological polar surface area (TPSA) is 99.1 Å². The van der Waals surface area contributed by atoms with E-state index in [4.69, 9.17) is 14.2 Å². The predicted octanol–water partition coefficient (Wildman–Crippen LogP) is 12.0. The molecule has 55 heavy (non-hydrogen) atoms. The van der Waals surface area contributed by atoms with Gasteiger partial charge in [0.15, 0.2) is 12.1 Å². The summed E-state index contributed by atoms with van der Waals surface area (Å²) in [4.78, 5) is 36.9. The van der Waals surface area contributed by atoms with Gasteiger partial charge >= 0.3 is 17.9 Å². The molecule has 2 atom stereocenters. The fourth-order valence-electron chi connectivity index (χ4n) is 6.21. The smallest absolute Gasteiger partial charge is 0.362 e. The van der Waals surface area contributed by atoms with Gasteiger partial charge in [-0.25, -0.2) is 4.79 Å². The first-order valence-corrected chi connectivity index (χ1v) is 22.2. The molecule has 0 bridgehead atoms. The molecule has 0 saturated heterocycles. The molecule has 0 rings (SSSR count). The average Bonchev–Trinajstić information content (AvgIpc) is 3.14. The lowest BCUT2D eigenvalue weighted by atomic mass is 10.1. The number of hydrogen-bond donors (Lipinski definition) is 1. The minimum absolute atomic E-state index is 0.0524. The standard InChI is InChI=1S/C47H83NO7/c1-6-8-10-12-14-16-18-20-21-22-23-24-25-26-28-30-32-34-36-38-46(50)55-43(41-53-40-39-44(47(51)52)48(3,4)5)42-54-45(49)37-35-33-31-29-27-19-17-15-13-11-9-7-2/h14-17,20-21,23-24,43-44H,6-13,18-19,22,25-42H2,1-5H3/p+1/b16-14-,17-15-,21-20-,24-23-. The first-order valence-electron chi connectivity index (χ1n) is 22.2. The van der Waals surface area contributed by atoms with E-state index in [2.05, 4.69) is 62.5 Å². The summed E-state index contributed by atoms with van der Waals surface area (Å²) in [6.07, 6.45) is 44.3. The van der Waals surface area contributed by atoms with Crippen LogP contribution in [-0.2, 0) is 28.6 Å². The first-order chi connectivity index (χ1) is 26.6. The van der Waals surface area contributed by atoms with Crippen molar-refractivity contribution in [1.29, 1.82) is 0 Å². The molecule has 2 unspecified atom stereocenters. The molecule has 8 heteroatoms. The second-order valence-corrected chi connectivity index (χ2v) is 15.9. The molecular weight excluding hydrogens is 691 g/mol. The Kier molecular flexibility index (Phi) is 36.3. The zero-order valence-electron chi connectivity index (χ0n) is 36.1. The molecule has 0 amide bonds. The molecule has 0 fully saturated rings. The Balaban J connectivity index is 4.37. The summed E-state index contributed by atoms with van der Waals surface area (Å²) < 4.78 is 17.2. The van der Waals surface area contributed by atoms with Crippen LogP contribution < -0.4 is 0 Å². The largest absolute Gasteiger partial charge is 0.477 e. The minimum Gasteiger partial charge on any atom is -0.477 e. The van der Waals surface area contributed by atoms with Crippen LogP contribution in [0.2, 0.25) is 0 Å². The van der Waals surface area contributed by atoms with Crippen LogP contribution in [-0.4, -0.2) is 80.6 Å². The normalized spacial score (nSPS) is 13.4. The quantitative estimate of drug-likeness (QED) is 0.0287. The van der Waals surface area contributed by atoms with Crippen LogP contribution in [0.15, 0.2) is 48.6 Å². The number of rotatable bonds is 39. The van der Waals surface area contributed by atoms with Gasteiger partial charge in [0.25, 0.3) is 0 Å². The van der Waals surface area contributed by atoms with Crippen LogP contribution >= 0.6 is 0 Å². The van der Waals surface area contributed by atoms with Gasteiger partial charge in [0.05, 0.1) is 34.4 Å². The fourth-order valence-corrected chi connectivity index (χ4v) is 6.21. The summed E-state index contributed by atoms with van der Waals surface area (Å²) >= 11 is 0. The number of carbonyl (C=O) groups is 3. The van der Waals surface area contributed by atoms with Gasteiger partial charge in [-0.1, -0.05) is 133 Å². The Morgan fingerprint density at radius 1 is 0.545 bits per heavy atom. The van der Waals surface area contributed by atoms with Crippen molar-refractivity contribution >= 4 is 17.9 Å². The number of carbonyl (C=O) groups excluding carboxylic acids is 2. The number of ether oxygens (including phenoxy) is 3. The molecule has 0 spiro atoms. The van der Waals surface area contributed by atoms with E-state index in [0.29, 0.717) is 19.3 Å². The lowest BCUT2D eigenvalue weighted by molar-refractivity contribution is -0.887. The van der Waals surface area contributed by atoms with Gasteiger partial charge in [0, 0.05) is 19.3 Å². The van der Waals surface area contributed by atoms with E-state index in [1.807, 2.05) is 21.1 Å². The van der Waals surface area contributed by atoms with Gasteiger partial charge in [-0.2, -0.15) is 0 Å². The van der Waals surface area contributed by atoms with E-state index in [0.717, 1.165) is 77.0 Å². The highest BCUT2D eigenvalue weighted by Crippen LogP contribution is 2.13. The number of nitrogens with zero attached hydrogens (tertiary/aromatic N) is 1. The van der Waals surface area contributed by atoms with E-state index in [1.54, 1.807) is 0 Å². The predicted molar refractivity (Wildman–Crippen MR) is 229 cm³/mol. The van der Waals surface area contributed by atoms with Gasteiger partial charge in [-0.15, -0.1) is 0 Å². The third kappa shape index (κ3) is 36.7. The van der Waals surface area contributed by atoms with Crippen LogP contribution in [0.4, 0.5) is 0 Å². The molecule has 0 radical (unpaired) electrons. The summed E-state index contributed by atoms with van der Waals surface area (Å²) in [7, 11) is 5.51. The van der Waals surface area contributed by atoms with Gasteiger partial charge in [0.1, 0.15) is 6.61 Å². The Morgan fingerprint density at radius 2 is 0.964 bits per heavy atom. The molecule has 0 aromatic heterocycles. The molecule has 318 valence electrons. The molecule has 0 aromatic carbocycles. The average molecular weight is 775 g/mol. The summed E-state index contributed by atoms with van der Waals surface area (Å²) in [5.41, 5.74) is 0. The van der Waals surface area contributed by atoms with Crippen molar-refractivity contribution in [3.63, 3.8) is 0 Å². The lowest BCUT2D eigenvalue weighted by Crippen LogP contribution is -2.50. The molecule has 0 aliphatic heterocycles. The highest BCUT2D eigenvalue weighted by Gasteiger charge is 2.31. The maximum absolute atomic E-state index is 12.7. The number of unbranched alkanes of at least 4 members (excludes halogenated alkanes) is 17. The van der Waals surface area contributed by atoms with Crippen molar-refractivity contribution in [3.8, 4) is 0 Å². The molecule has 8 nitrogen and oxygen atoms in total. The molecular formula is C47H84NO7+. The van der Waals surface area contributed by atoms with Crippen LogP contribution in [0.5, 0.6) is 0 Å². The van der Waals surface area contributed by atoms with Gasteiger partial charge in [-0.05, 0) is 77.0 Å². The van der Waals surface area contributed by atoms with Gasteiger partial charge in [-0.3, -0.25) is 9.59 Å². The fraction of sp³-hybridized carbons (Fsp3) is 0.766. The third-order valence-electron chi connectivity index (χ3n) is 9.70. The monoisotopic (exact) mass is 775 g/mol. The van der Waals surface area contributed by atoms with E-state index in [1.165, 1.54) is 70.6 Å². The number of allylic oxidation sites excluding steroid dienone is 8. The summed E-state index contributed by atoms with van der Waals surface area (Å²) in [5.74, 6) is -1.50. The Morgan fingerprint density at radius 3 is 1.44 bits per heavy atom. The van der Waals surface area contributed by atoms with Crippen LogP contribution in [0.3, 0.4) is 0 Å². The lowest BCUT2D eigenvalue weighted by Gasteiger charge is -2.31. The van der Waals surface area contributed by atoms with Crippen molar-refractivity contribution in [2.75, 3.05) is 41.0 Å². The Hall–Kier alpha value is -2.71. The van der Waals surface area contributed by atoms with Crippen LogP contribution in [0.25, 0.3) is 0 Å². The van der Waals surface area contributed by atoms with Crippen molar-refractivity contribution in [2.24, 2.45) is 0 Å². The van der Waals surface area contributed by atoms with E-state index < -0.39 is 18.1 Å². The molecule has 0 aliphatic rings. The zero-order chi connectivity index (χ0) is 40.7. The van der Waals surface area contributed by atoms with E-state index in [9.17, 15) is 19.5 Å². The van der Waals surface area contributed by atoms with Crippen molar-refractivity contribution in [1.82, 2.24) is 0 Å². The van der Waals surface area contributed by atoms with Gasteiger partial charge < -0.3 is 23.8 Å². The molecule has 0 aromatic rings. The summed E-state index contributed by atoms with van der Waals surface area (Å²) in [5, 5.41) is 9.61. The van der Waals surface area contributed by atoms with Crippen molar-refractivity contribution in [2.45, 2.75) is 193 Å². The first kappa shape index (κ1) is 52.3. The van der Waals surface area contributed by atoms with E-state index in [-0.39, 0.29) is 36.2 Å². The van der Waals surface area contributed by atoms with Crippen LogP contribution in [0, 0.1) is 0 Å². The minimum atomic E-state index is -0.880. The number of hydrogen-bond acceptors (Lipinski definition) is 6. The zero-order valence-corrected chi connectivity index (χ0v) is 36.1. The third-order valence-corrected chi connectivity index (χ3v) is 9.70. The molecule has 0 saturated carbocycles. The maximum atomic E-state index is 12.7. The maximum Gasteiger partial charge on any atom is 0.362 e. The Labute approximate surface area is 337 Å². The van der Waals surface area contributed by atoms with Crippen molar-refractivity contribution < 1.29 is 38.2 Å². The number of likely N-dealkylation sites (N-methyl/N-ethyl adjacent to an activating group) is 1.